The molecule has 32 heavy (non-hydrogen) atoms. The molecule has 2 aromatic rings. The number of esters is 1. The molecule has 1 unspecified atom stereocenters. The summed E-state index contributed by atoms with van der Waals surface area (Å²) in [6, 6.07) is 12.7. The fraction of sp³-hybridized carbons (Fsp3) is 0.417. The van der Waals surface area contributed by atoms with Crippen LogP contribution in [-0.2, 0) is 11.3 Å². The first kappa shape index (κ1) is 25.0. The first-order valence-corrected chi connectivity index (χ1v) is 10.6. The third-order valence-corrected chi connectivity index (χ3v) is 4.51. The molecular weight excluding hydrogens is 410 g/mol. The smallest absolute Gasteiger partial charge is 0.341 e. The Labute approximate surface area is 189 Å². The fourth-order valence-electron chi connectivity index (χ4n) is 3.01. The SMILES string of the molecule is CCNC(=NCc1ccc(OC)c(C(=O)OC)c1)NCC(O)c1cccc(OC(C)C)c1. The topological polar surface area (TPSA) is 101 Å². The molecule has 0 bridgehead atoms. The van der Waals surface area contributed by atoms with E-state index in [0.29, 0.717) is 30.4 Å². The highest BCUT2D eigenvalue weighted by Crippen LogP contribution is 2.22. The van der Waals surface area contributed by atoms with Gasteiger partial charge in [-0.2, -0.15) is 0 Å². The summed E-state index contributed by atoms with van der Waals surface area (Å²) in [7, 11) is 2.83. The van der Waals surface area contributed by atoms with Crippen molar-refractivity contribution in [3.05, 3.63) is 59.2 Å². The van der Waals surface area contributed by atoms with Gasteiger partial charge in [0.1, 0.15) is 17.1 Å². The summed E-state index contributed by atoms with van der Waals surface area (Å²) in [4.78, 5) is 16.5. The van der Waals surface area contributed by atoms with Gasteiger partial charge in [0.05, 0.1) is 33.0 Å². The summed E-state index contributed by atoms with van der Waals surface area (Å²) in [5, 5.41) is 16.9. The van der Waals surface area contributed by atoms with Gasteiger partial charge in [0.2, 0.25) is 0 Å². The van der Waals surface area contributed by atoms with Crippen molar-refractivity contribution in [3.63, 3.8) is 0 Å². The van der Waals surface area contributed by atoms with Crippen molar-refractivity contribution in [2.45, 2.75) is 39.5 Å². The average Bonchev–Trinajstić information content (AvgIpc) is 2.79. The molecule has 0 amide bonds. The zero-order valence-electron chi connectivity index (χ0n) is 19.3. The lowest BCUT2D eigenvalue weighted by atomic mass is 10.1. The Morgan fingerprint density at radius 1 is 1.12 bits per heavy atom. The molecule has 0 saturated carbocycles. The van der Waals surface area contributed by atoms with Crippen LogP contribution in [0.2, 0.25) is 0 Å². The van der Waals surface area contributed by atoms with E-state index in [1.54, 1.807) is 12.1 Å². The summed E-state index contributed by atoms with van der Waals surface area (Å²) in [6.45, 7) is 7.14. The molecule has 0 fully saturated rings. The van der Waals surface area contributed by atoms with Crippen LogP contribution < -0.4 is 20.1 Å². The summed E-state index contributed by atoms with van der Waals surface area (Å²) in [5.41, 5.74) is 1.92. The van der Waals surface area contributed by atoms with E-state index >= 15 is 0 Å². The van der Waals surface area contributed by atoms with Gasteiger partial charge in [0.15, 0.2) is 5.96 Å². The molecule has 2 rings (SSSR count). The van der Waals surface area contributed by atoms with Gasteiger partial charge in [0, 0.05) is 13.1 Å². The van der Waals surface area contributed by atoms with Gasteiger partial charge in [-0.1, -0.05) is 18.2 Å². The maximum Gasteiger partial charge on any atom is 0.341 e. The molecular formula is C24H33N3O5. The van der Waals surface area contributed by atoms with E-state index in [0.717, 1.165) is 16.9 Å². The van der Waals surface area contributed by atoms with Crippen LogP contribution in [0.3, 0.4) is 0 Å². The number of guanidine groups is 1. The molecule has 0 spiro atoms. The zero-order chi connectivity index (χ0) is 23.5. The van der Waals surface area contributed by atoms with Crippen LogP contribution >= 0.6 is 0 Å². The van der Waals surface area contributed by atoms with Crippen molar-refractivity contribution in [2.24, 2.45) is 4.99 Å². The molecule has 174 valence electrons. The van der Waals surface area contributed by atoms with E-state index in [9.17, 15) is 9.90 Å². The van der Waals surface area contributed by atoms with Crippen molar-refractivity contribution in [3.8, 4) is 11.5 Å². The van der Waals surface area contributed by atoms with Crippen molar-refractivity contribution >= 4 is 11.9 Å². The Morgan fingerprint density at radius 2 is 1.91 bits per heavy atom. The number of carbonyl (C=O) groups excluding carboxylic acids is 1. The largest absolute Gasteiger partial charge is 0.496 e. The van der Waals surface area contributed by atoms with Crippen LogP contribution in [0.15, 0.2) is 47.5 Å². The number of ether oxygens (including phenoxy) is 3. The maximum atomic E-state index is 12.0. The lowest BCUT2D eigenvalue weighted by Gasteiger charge is -2.17. The van der Waals surface area contributed by atoms with Crippen molar-refractivity contribution in [1.29, 1.82) is 0 Å². The molecule has 0 heterocycles. The number of benzene rings is 2. The minimum absolute atomic E-state index is 0.0608. The normalized spacial score (nSPS) is 12.3. The van der Waals surface area contributed by atoms with E-state index in [1.165, 1.54) is 14.2 Å². The number of hydrogen-bond donors (Lipinski definition) is 3. The second-order valence-electron chi connectivity index (χ2n) is 7.36. The third kappa shape index (κ3) is 7.46. The summed E-state index contributed by atoms with van der Waals surface area (Å²) in [5.74, 6) is 1.25. The lowest BCUT2D eigenvalue weighted by Crippen LogP contribution is -2.39. The van der Waals surface area contributed by atoms with E-state index in [2.05, 4.69) is 15.6 Å². The highest BCUT2D eigenvalue weighted by molar-refractivity contribution is 5.92. The number of rotatable bonds is 10. The summed E-state index contributed by atoms with van der Waals surface area (Å²) < 4.78 is 15.7. The van der Waals surface area contributed by atoms with Gasteiger partial charge >= 0.3 is 5.97 Å². The summed E-state index contributed by atoms with van der Waals surface area (Å²) >= 11 is 0. The summed E-state index contributed by atoms with van der Waals surface area (Å²) in [6.07, 6.45) is -0.674. The standard InChI is InChI=1S/C24H33N3O5/c1-6-25-24(26-14-17-10-11-22(30-4)20(12-17)23(29)31-5)27-15-21(28)18-8-7-9-19(13-18)32-16(2)3/h7-13,16,21,28H,6,14-15H2,1-5H3,(H2,25,26,27). The van der Waals surface area contributed by atoms with Crippen LogP contribution in [0.5, 0.6) is 11.5 Å². The number of methoxy groups -OCH3 is 2. The predicted octanol–water partition coefficient (Wildman–Crippen LogP) is 3.06. The molecule has 8 heteroatoms. The van der Waals surface area contributed by atoms with Gasteiger partial charge in [-0.05, 0) is 56.2 Å². The highest BCUT2D eigenvalue weighted by atomic mass is 16.5. The second-order valence-corrected chi connectivity index (χ2v) is 7.36. The van der Waals surface area contributed by atoms with Crippen molar-refractivity contribution in [2.75, 3.05) is 27.3 Å². The molecule has 2 aromatic carbocycles. The van der Waals surface area contributed by atoms with Gasteiger partial charge in [-0.3, -0.25) is 0 Å². The molecule has 0 radical (unpaired) electrons. The Balaban J connectivity index is 2.06. The van der Waals surface area contributed by atoms with E-state index in [1.807, 2.05) is 51.1 Å². The maximum absolute atomic E-state index is 12.0. The Morgan fingerprint density at radius 3 is 2.56 bits per heavy atom. The first-order chi connectivity index (χ1) is 15.4. The van der Waals surface area contributed by atoms with Crippen molar-refractivity contribution < 1.29 is 24.1 Å². The van der Waals surface area contributed by atoms with Crippen LogP contribution in [0.1, 0.15) is 48.4 Å². The van der Waals surface area contributed by atoms with Gasteiger partial charge in [0.25, 0.3) is 0 Å². The van der Waals surface area contributed by atoms with Crippen LogP contribution in [0.4, 0.5) is 0 Å². The fourth-order valence-corrected chi connectivity index (χ4v) is 3.01. The molecule has 0 aliphatic heterocycles. The molecule has 0 aliphatic carbocycles. The molecule has 1 atom stereocenters. The number of aliphatic hydroxyl groups excluding tert-OH is 1. The van der Waals surface area contributed by atoms with E-state index < -0.39 is 12.1 Å². The van der Waals surface area contributed by atoms with E-state index in [4.69, 9.17) is 14.2 Å². The monoisotopic (exact) mass is 443 g/mol. The minimum atomic E-state index is -0.735. The molecule has 0 aliphatic rings. The molecule has 0 aromatic heterocycles. The minimum Gasteiger partial charge on any atom is -0.496 e. The van der Waals surface area contributed by atoms with Gasteiger partial charge in [-0.25, -0.2) is 9.79 Å². The number of nitrogens with zero attached hydrogens (tertiary/aromatic N) is 1. The average molecular weight is 444 g/mol. The van der Waals surface area contributed by atoms with Crippen LogP contribution in [0, 0.1) is 0 Å². The molecule has 3 N–H and O–H groups in total. The Kier molecular flexibility index (Phi) is 9.81. The van der Waals surface area contributed by atoms with Crippen molar-refractivity contribution in [1.82, 2.24) is 10.6 Å². The number of aliphatic hydroxyl groups is 1. The third-order valence-electron chi connectivity index (χ3n) is 4.51. The van der Waals surface area contributed by atoms with Crippen LogP contribution in [-0.4, -0.2) is 50.4 Å². The number of carbonyl (C=O) groups is 1. The Hall–Kier alpha value is -3.26. The number of nitrogens with one attached hydrogen (secondary N) is 2. The van der Waals surface area contributed by atoms with E-state index in [-0.39, 0.29) is 12.6 Å². The zero-order valence-corrected chi connectivity index (χ0v) is 19.3. The predicted molar refractivity (Wildman–Crippen MR) is 124 cm³/mol. The second kappa shape index (κ2) is 12.6. The van der Waals surface area contributed by atoms with Crippen LogP contribution in [0.25, 0.3) is 0 Å². The van der Waals surface area contributed by atoms with Gasteiger partial charge in [-0.15, -0.1) is 0 Å². The Bertz CT molecular complexity index is 914. The highest BCUT2D eigenvalue weighted by Gasteiger charge is 2.14. The van der Waals surface area contributed by atoms with Gasteiger partial charge < -0.3 is 30.0 Å². The first-order valence-electron chi connectivity index (χ1n) is 10.6. The molecule has 0 saturated heterocycles. The number of hydrogen-bond acceptors (Lipinski definition) is 6. The lowest BCUT2D eigenvalue weighted by molar-refractivity contribution is 0.0597. The number of aliphatic imine (C=N–C) groups is 1. The quantitative estimate of drug-likeness (QED) is 0.295. The molecule has 8 nitrogen and oxygen atoms in total.